The molecule has 2 N–H and O–H groups in total. The molecule has 3 rings (SSSR count). The Hall–Kier alpha value is -3.45. The predicted molar refractivity (Wildman–Crippen MR) is 103 cm³/mol. The van der Waals surface area contributed by atoms with Gasteiger partial charge in [0.1, 0.15) is 5.70 Å². The molecular weight excluding hydrogens is 360 g/mol. The molecule has 7 heteroatoms. The molecule has 2 aromatic rings. The van der Waals surface area contributed by atoms with Gasteiger partial charge < -0.3 is 20.1 Å². The second-order valence-corrected chi connectivity index (χ2v) is 6.19. The zero-order valence-electron chi connectivity index (χ0n) is 15.3. The molecule has 0 radical (unpaired) electrons. The minimum atomic E-state index is -0.604. The van der Waals surface area contributed by atoms with Gasteiger partial charge in [0.25, 0.3) is 5.91 Å². The number of esters is 1. The Kier molecular flexibility index (Phi) is 5.86. The summed E-state index contributed by atoms with van der Waals surface area (Å²) in [6, 6.07) is 15.6. The van der Waals surface area contributed by atoms with E-state index in [0.29, 0.717) is 16.8 Å². The lowest BCUT2D eigenvalue weighted by molar-refractivity contribution is -0.136. The molecule has 0 saturated carbocycles. The van der Waals surface area contributed by atoms with E-state index in [1.807, 2.05) is 6.07 Å². The van der Waals surface area contributed by atoms with Crippen molar-refractivity contribution < 1.29 is 24.2 Å². The zero-order valence-corrected chi connectivity index (χ0v) is 15.3. The van der Waals surface area contributed by atoms with Crippen LogP contribution in [-0.2, 0) is 14.3 Å². The van der Waals surface area contributed by atoms with Gasteiger partial charge in [0.2, 0.25) is 0 Å². The number of aliphatic hydroxyl groups is 1. The maximum absolute atomic E-state index is 12.5. The number of anilines is 1. The minimum Gasteiger partial charge on any atom is -0.466 e. The number of ketones is 1. The number of rotatable bonds is 7. The van der Waals surface area contributed by atoms with Crippen LogP contribution >= 0.6 is 0 Å². The molecular formula is C21H20N2O5. The SMILES string of the molecule is COC(=O)C1=C(Nc2ccc(C(=O)c3ccccc3)cc2)C(=O)N(CCO)C1. The van der Waals surface area contributed by atoms with Gasteiger partial charge in [0.15, 0.2) is 5.78 Å². The Balaban J connectivity index is 1.81. The summed E-state index contributed by atoms with van der Waals surface area (Å²) >= 11 is 0. The Morgan fingerprint density at radius 3 is 2.32 bits per heavy atom. The van der Waals surface area contributed by atoms with E-state index in [0.717, 1.165) is 0 Å². The first-order chi connectivity index (χ1) is 13.5. The topological polar surface area (TPSA) is 95.9 Å². The average molecular weight is 380 g/mol. The molecule has 0 aliphatic carbocycles. The first-order valence-corrected chi connectivity index (χ1v) is 8.73. The number of β-amino-alcohol motifs (C(OH)–C–C–N with tert-alkyl or cyclic N) is 1. The van der Waals surface area contributed by atoms with Crippen molar-refractivity contribution >= 4 is 23.3 Å². The third-order valence-corrected chi connectivity index (χ3v) is 4.41. The number of hydrogen-bond donors (Lipinski definition) is 2. The molecule has 28 heavy (non-hydrogen) atoms. The normalized spacial score (nSPS) is 13.6. The molecule has 0 bridgehead atoms. The monoisotopic (exact) mass is 380 g/mol. The van der Waals surface area contributed by atoms with Crippen LogP contribution in [0.5, 0.6) is 0 Å². The molecule has 7 nitrogen and oxygen atoms in total. The second kappa shape index (κ2) is 8.49. The third-order valence-electron chi connectivity index (χ3n) is 4.41. The summed E-state index contributed by atoms with van der Waals surface area (Å²) in [7, 11) is 1.25. The zero-order chi connectivity index (χ0) is 20.1. The molecule has 0 unspecified atom stereocenters. The van der Waals surface area contributed by atoms with Crippen LogP contribution < -0.4 is 5.32 Å². The van der Waals surface area contributed by atoms with Crippen LogP contribution in [0.15, 0.2) is 65.9 Å². The molecule has 1 heterocycles. The van der Waals surface area contributed by atoms with E-state index >= 15 is 0 Å². The van der Waals surface area contributed by atoms with Crippen LogP contribution in [0.2, 0.25) is 0 Å². The summed E-state index contributed by atoms with van der Waals surface area (Å²) < 4.78 is 4.75. The van der Waals surface area contributed by atoms with E-state index in [4.69, 9.17) is 9.84 Å². The smallest absolute Gasteiger partial charge is 0.337 e. The number of nitrogens with one attached hydrogen (secondary N) is 1. The number of ether oxygens (including phenoxy) is 1. The fourth-order valence-corrected chi connectivity index (χ4v) is 2.95. The molecule has 0 spiro atoms. The molecule has 1 amide bonds. The van der Waals surface area contributed by atoms with E-state index in [1.165, 1.54) is 12.0 Å². The molecule has 0 saturated heterocycles. The minimum absolute atomic E-state index is 0.0684. The van der Waals surface area contributed by atoms with Crippen molar-refractivity contribution in [3.8, 4) is 0 Å². The van der Waals surface area contributed by atoms with Gasteiger partial charge >= 0.3 is 5.97 Å². The van der Waals surface area contributed by atoms with Gasteiger partial charge in [0.05, 0.1) is 25.8 Å². The van der Waals surface area contributed by atoms with Gasteiger partial charge in [-0.3, -0.25) is 9.59 Å². The number of aliphatic hydroxyl groups excluding tert-OH is 1. The van der Waals surface area contributed by atoms with E-state index in [-0.39, 0.29) is 42.7 Å². The van der Waals surface area contributed by atoms with Crippen molar-refractivity contribution in [2.45, 2.75) is 0 Å². The molecule has 2 aromatic carbocycles. The molecule has 144 valence electrons. The highest BCUT2D eigenvalue weighted by Gasteiger charge is 2.34. The largest absolute Gasteiger partial charge is 0.466 e. The quantitative estimate of drug-likeness (QED) is 0.559. The van der Waals surface area contributed by atoms with Crippen LogP contribution in [0.25, 0.3) is 0 Å². The summed E-state index contributed by atoms with van der Waals surface area (Å²) in [5.74, 6) is -1.10. The number of methoxy groups -OCH3 is 1. The number of nitrogens with zero attached hydrogens (tertiary/aromatic N) is 1. The Bertz CT molecular complexity index is 920. The van der Waals surface area contributed by atoms with Gasteiger partial charge in [-0.2, -0.15) is 0 Å². The van der Waals surface area contributed by atoms with E-state index in [9.17, 15) is 14.4 Å². The van der Waals surface area contributed by atoms with E-state index in [1.54, 1.807) is 48.5 Å². The van der Waals surface area contributed by atoms with Crippen molar-refractivity contribution in [3.05, 3.63) is 77.0 Å². The van der Waals surface area contributed by atoms with Gasteiger partial charge in [-0.15, -0.1) is 0 Å². The van der Waals surface area contributed by atoms with Gasteiger partial charge in [0, 0.05) is 23.4 Å². The van der Waals surface area contributed by atoms with Gasteiger partial charge in [-0.1, -0.05) is 30.3 Å². The number of amides is 1. The lowest BCUT2D eigenvalue weighted by Crippen LogP contribution is -2.31. The Morgan fingerprint density at radius 1 is 1.07 bits per heavy atom. The number of hydrogen-bond acceptors (Lipinski definition) is 6. The van der Waals surface area contributed by atoms with Crippen molar-refractivity contribution in [1.29, 1.82) is 0 Å². The standard InChI is InChI=1S/C21H20N2O5/c1-28-21(27)17-13-23(11-12-24)20(26)18(17)22-16-9-7-15(8-10-16)19(25)14-5-3-2-4-6-14/h2-10,22,24H,11-13H2,1H3. The summed E-state index contributed by atoms with van der Waals surface area (Å²) in [4.78, 5) is 38.4. The first-order valence-electron chi connectivity index (χ1n) is 8.73. The van der Waals surface area contributed by atoms with Crippen molar-refractivity contribution in [2.24, 2.45) is 0 Å². The van der Waals surface area contributed by atoms with Crippen LogP contribution in [0.3, 0.4) is 0 Å². The first kappa shape index (κ1) is 19.3. The molecule has 0 aromatic heterocycles. The molecule has 0 fully saturated rings. The summed E-state index contributed by atoms with van der Waals surface area (Å²) in [5.41, 5.74) is 1.97. The number of benzene rings is 2. The lowest BCUT2D eigenvalue weighted by Gasteiger charge is -2.15. The van der Waals surface area contributed by atoms with Crippen LogP contribution in [-0.4, -0.2) is 54.5 Å². The summed E-state index contributed by atoms with van der Waals surface area (Å²) in [6.07, 6.45) is 0. The van der Waals surface area contributed by atoms with E-state index < -0.39 is 5.97 Å². The van der Waals surface area contributed by atoms with Crippen molar-refractivity contribution in [3.63, 3.8) is 0 Å². The lowest BCUT2D eigenvalue weighted by atomic mass is 10.0. The molecule has 0 atom stereocenters. The number of carbonyl (C=O) groups is 3. The highest BCUT2D eigenvalue weighted by molar-refractivity contribution is 6.10. The fraction of sp³-hybridized carbons (Fsp3) is 0.190. The van der Waals surface area contributed by atoms with Crippen LogP contribution in [0, 0.1) is 0 Å². The second-order valence-electron chi connectivity index (χ2n) is 6.19. The fourth-order valence-electron chi connectivity index (χ4n) is 2.95. The Labute approximate surface area is 162 Å². The predicted octanol–water partition coefficient (Wildman–Crippen LogP) is 1.59. The molecule has 1 aliphatic heterocycles. The van der Waals surface area contributed by atoms with E-state index in [2.05, 4.69) is 5.32 Å². The maximum Gasteiger partial charge on any atom is 0.337 e. The Morgan fingerprint density at radius 2 is 1.71 bits per heavy atom. The van der Waals surface area contributed by atoms with Crippen molar-refractivity contribution in [2.75, 3.05) is 32.1 Å². The van der Waals surface area contributed by atoms with Crippen LogP contribution in [0.4, 0.5) is 5.69 Å². The highest BCUT2D eigenvalue weighted by atomic mass is 16.5. The average Bonchev–Trinajstić information content (AvgIpc) is 3.04. The maximum atomic E-state index is 12.5. The van der Waals surface area contributed by atoms with Gasteiger partial charge in [-0.25, -0.2) is 4.79 Å². The van der Waals surface area contributed by atoms with Crippen LogP contribution in [0.1, 0.15) is 15.9 Å². The third kappa shape index (κ3) is 3.94. The van der Waals surface area contributed by atoms with Gasteiger partial charge in [-0.05, 0) is 24.3 Å². The molecule has 1 aliphatic rings. The number of carbonyl (C=O) groups excluding carboxylic acids is 3. The summed E-state index contributed by atoms with van der Waals surface area (Å²) in [5, 5.41) is 12.0. The highest BCUT2D eigenvalue weighted by Crippen LogP contribution is 2.23. The summed E-state index contributed by atoms with van der Waals surface area (Å²) in [6.45, 7) is -0.0161. The van der Waals surface area contributed by atoms with Crippen molar-refractivity contribution in [1.82, 2.24) is 4.90 Å².